The molecule has 0 saturated carbocycles. The van der Waals surface area contributed by atoms with Crippen molar-refractivity contribution in [1.29, 1.82) is 0 Å². The van der Waals surface area contributed by atoms with Crippen molar-refractivity contribution in [3.05, 3.63) is 35.1 Å². The van der Waals surface area contributed by atoms with Gasteiger partial charge in [-0.25, -0.2) is 4.39 Å². The molecule has 2 rings (SSSR count). The highest BCUT2D eigenvalue weighted by Gasteiger charge is 2.21. The normalized spacial score (nSPS) is 18.5. The second-order valence-corrected chi connectivity index (χ2v) is 6.47. The van der Waals surface area contributed by atoms with Crippen LogP contribution in [0.1, 0.15) is 50.8 Å². The molecule has 0 heterocycles. The summed E-state index contributed by atoms with van der Waals surface area (Å²) in [4.78, 5) is 11.8. The molecule has 2 N–H and O–H groups in total. The average Bonchev–Trinajstić information content (AvgIpc) is 2.33. The molecule has 1 aromatic carbocycles. The van der Waals surface area contributed by atoms with Crippen LogP contribution in [0.4, 0.5) is 4.39 Å². The average molecular weight is 278 g/mol. The number of halogens is 1. The lowest BCUT2D eigenvalue weighted by molar-refractivity contribution is -0.121. The van der Waals surface area contributed by atoms with E-state index in [0.717, 1.165) is 30.4 Å². The zero-order chi connectivity index (χ0) is 14.8. The number of nitrogens with one attached hydrogen (secondary N) is 2. The standard InChI is InChI=1S/C16H23FN2O/c1-16(2,3)19-15(20)10-18-14-6-4-5-11-9-12(17)7-8-13(11)14/h7-9,14,18H,4-6,10H2,1-3H3,(H,19,20). The van der Waals surface area contributed by atoms with Crippen LogP contribution < -0.4 is 10.6 Å². The Labute approximate surface area is 120 Å². The van der Waals surface area contributed by atoms with Gasteiger partial charge in [0.1, 0.15) is 5.82 Å². The van der Waals surface area contributed by atoms with Crippen LogP contribution in [-0.2, 0) is 11.2 Å². The van der Waals surface area contributed by atoms with Gasteiger partial charge < -0.3 is 10.6 Å². The van der Waals surface area contributed by atoms with Gasteiger partial charge in [-0.15, -0.1) is 0 Å². The molecule has 1 atom stereocenters. The van der Waals surface area contributed by atoms with E-state index in [1.807, 2.05) is 26.8 Å². The molecule has 0 radical (unpaired) electrons. The first-order valence-corrected chi connectivity index (χ1v) is 7.18. The molecule has 0 bridgehead atoms. The Morgan fingerprint density at radius 1 is 1.40 bits per heavy atom. The molecule has 1 aliphatic rings. The molecule has 20 heavy (non-hydrogen) atoms. The second-order valence-electron chi connectivity index (χ2n) is 6.47. The number of rotatable bonds is 3. The lowest BCUT2D eigenvalue weighted by atomic mass is 9.87. The summed E-state index contributed by atoms with van der Waals surface area (Å²) in [6.07, 6.45) is 2.93. The van der Waals surface area contributed by atoms with E-state index in [4.69, 9.17) is 0 Å². The predicted molar refractivity (Wildman–Crippen MR) is 78.0 cm³/mol. The molecule has 0 fully saturated rings. The van der Waals surface area contributed by atoms with Gasteiger partial charge in [-0.1, -0.05) is 6.07 Å². The van der Waals surface area contributed by atoms with Crippen LogP contribution in [0.15, 0.2) is 18.2 Å². The number of hydrogen-bond acceptors (Lipinski definition) is 2. The number of hydrogen-bond donors (Lipinski definition) is 2. The van der Waals surface area contributed by atoms with Gasteiger partial charge in [-0.2, -0.15) is 0 Å². The maximum Gasteiger partial charge on any atom is 0.234 e. The predicted octanol–water partition coefficient (Wildman–Crippen LogP) is 2.71. The van der Waals surface area contributed by atoms with Crippen molar-refractivity contribution in [3.63, 3.8) is 0 Å². The highest BCUT2D eigenvalue weighted by Crippen LogP contribution is 2.29. The minimum absolute atomic E-state index is 0.00765. The van der Waals surface area contributed by atoms with E-state index in [0.29, 0.717) is 6.54 Å². The molecule has 1 aliphatic carbocycles. The fourth-order valence-corrected chi connectivity index (χ4v) is 2.67. The lowest BCUT2D eigenvalue weighted by Gasteiger charge is -2.27. The third kappa shape index (κ3) is 4.04. The summed E-state index contributed by atoms with van der Waals surface area (Å²) in [6.45, 7) is 6.18. The van der Waals surface area contributed by atoms with Gasteiger partial charge >= 0.3 is 0 Å². The van der Waals surface area contributed by atoms with Crippen molar-refractivity contribution < 1.29 is 9.18 Å². The van der Waals surface area contributed by atoms with Crippen molar-refractivity contribution in [2.24, 2.45) is 0 Å². The summed E-state index contributed by atoms with van der Waals surface area (Å²) in [6, 6.07) is 5.08. The summed E-state index contributed by atoms with van der Waals surface area (Å²) >= 11 is 0. The van der Waals surface area contributed by atoms with Gasteiger partial charge in [0.25, 0.3) is 0 Å². The number of amides is 1. The first-order valence-electron chi connectivity index (χ1n) is 7.18. The van der Waals surface area contributed by atoms with Crippen LogP contribution in [0, 0.1) is 5.82 Å². The van der Waals surface area contributed by atoms with Crippen LogP contribution in [0.2, 0.25) is 0 Å². The second kappa shape index (κ2) is 5.92. The Hall–Kier alpha value is -1.42. The molecular formula is C16H23FN2O. The van der Waals surface area contributed by atoms with Crippen molar-refractivity contribution in [2.75, 3.05) is 6.54 Å². The SMILES string of the molecule is CC(C)(C)NC(=O)CNC1CCCc2cc(F)ccc21. The number of benzene rings is 1. The quantitative estimate of drug-likeness (QED) is 0.892. The summed E-state index contributed by atoms with van der Waals surface area (Å²) < 4.78 is 13.2. The lowest BCUT2D eigenvalue weighted by Crippen LogP contribution is -2.45. The minimum Gasteiger partial charge on any atom is -0.350 e. The maximum atomic E-state index is 13.2. The Balaban J connectivity index is 1.97. The van der Waals surface area contributed by atoms with Crippen LogP contribution in [-0.4, -0.2) is 18.0 Å². The van der Waals surface area contributed by atoms with E-state index in [-0.39, 0.29) is 23.3 Å². The molecule has 1 unspecified atom stereocenters. The summed E-state index contributed by atoms with van der Waals surface area (Å²) in [5.74, 6) is -0.193. The van der Waals surface area contributed by atoms with Gasteiger partial charge in [0, 0.05) is 11.6 Å². The largest absolute Gasteiger partial charge is 0.350 e. The zero-order valence-corrected chi connectivity index (χ0v) is 12.4. The molecule has 0 aromatic heterocycles. The minimum atomic E-state index is -0.216. The van der Waals surface area contributed by atoms with Gasteiger partial charge in [0.05, 0.1) is 6.54 Å². The number of carbonyl (C=O) groups excluding carboxylic acids is 1. The maximum absolute atomic E-state index is 13.2. The Morgan fingerprint density at radius 2 is 2.15 bits per heavy atom. The first kappa shape index (κ1) is 15.0. The third-order valence-corrected chi connectivity index (χ3v) is 3.44. The van der Waals surface area contributed by atoms with Crippen LogP contribution >= 0.6 is 0 Å². The van der Waals surface area contributed by atoms with Gasteiger partial charge in [-0.05, 0) is 63.3 Å². The smallest absolute Gasteiger partial charge is 0.234 e. The first-order chi connectivity index (χ1) is 9.35. The number of carbonyl (C=O) groups is 1. The molecule has 4 heteroatoms. The van der Waals surface area contributed by atoms with E-state index in [2.05, 4.69) is 10.6 Å². The van der Waals surface area contributed by atoms with Gasteiger partial charge in [0.2, 0.25) is 5.91 Å². The van der Waals surface area contributed by atoms with Crippen molar-refractivity contribution in [1.82, 2.24) is 10.6 Å². The molecule has 0 spiro atoms. The Bertz CT molecular complexity index is 494. The fourth-order valence-electron chi connectivity index (χ4n) is 2.67. The van der Waals surface area contributed by atoms with Crippen molar-refractivity contribution in [3.8, 4) is 0 Å². The summed E-state index contributed by atoms with van der Waals surface area (Å²) in [5, 5.41) is 6.22. The highest BCUT2D eigenvalue weighted by molar-refractivity contribution is 5.78. The van der Waals surface area contributed by atoms with E-state index >= 15 is 0 Å². The van der Waals surface area contributed by atoms with Crippen molar-refractivity contribution in [2.45, 2.75) is 51.6 Å². The Kier molecular flexibility index (Phi) is 4.43. The fraction of sp³-hybridized carbons (Fsp3) is 0.562. The monoisotopic (exact) mass is 278 g/mol. The summed E-state index contributed by atoms with van der Waals surface area (Å²) in [7, 11) is 0. The van der Waals surface area contributed by atoms with E-state index in [1.165, 1.54) is 6.07 Å². The molecule has 110 valence electrons. The third-order valence-electron chi connectivity index (χ3n) is 3.44. The topological polar surface area (TPSA) is 41.1 Å². The van der Waals surface area contributed by atoms with E-state index in [1.54, 1.807) is 6.07 Å². The number of fused-ring (bicyclic) bond motifs is 1. The van der Waals surface area contributed by atoms with Gasteiger partial charge in [0.15, 0.2) is 0 Å². The van der Waals surface area contributed by atoms with Crippen LogP contribution in [0.25, 0.3) is 0 Å². The van der Waals surface area contributed by atoms with Crippen LogP contribution in [0.3, 0.4) is 0 Å². The summed E-state index contributed by atoms with van der Waals surface area (Å²) in [5.41, 5.74) is 1.97. The zero-order valence-electron chi connectivity index (χ0n) is 12.4. The highest BCUT2D eigenvalue weighted by atomic mass is 19.1. The molecule has 1 amide bonds. The molecule has 0 saturated heterocycles. The van der Waals surface area contributed by atoms with Crippen LogP contribution in [0.5, 0.6) is 0 Å². The van der Waals surface area contributed by atoms with E-state index in [9.17, 15) is 9.18 Å². The molecule has 1 aromatic rings. The van der Waals surface area contributed by atoms with Crippen molar-refractivity contribution >= 4 is 5.91 Å². The molecule has 3 nitrogen and oxygen atoms in total. The number of aryl methyl sites for hydroxylation is 1. The molecule has 0 aliphatic heterocycles. The van der Waals surface area contributed by atoms with E-state index < -0.39 is 0 Å². The molecular weight excluding hydrogens is 255 g/mol. The Morgan fingerprint density at radius 3 is 2.85 bits per heavy atom. The van der Waals surface area contributed by atoms with Gasteiger partial charge in [-0.3, -0.25) is 4.79 Å².